The molecule has 0 aromatic carbocycles. The van der Waals surface area contributed by atoms with E-state index in [1.54, 1.807) is 12.5 Å². The Labute approximate surface area is 157 Å². The number of aryl methyl sites for hydroxylation is 1. The van der Waals surface area contributed by atoms with Crippen LogP contribution in [-0.2, 0) is 0 Å². The van der Waals surface area contributed by atoms with Crippen LogP contribution in [0, 0.1) is 6.92 Å². The van der Waals surface area contributed by atoms with Gasteiger partial charge in [-0.25, -0.2) is 9.97 Å². The lowest BCUT2D eigenvalue weighted by atomic mass is 10.0. The molecule has 0 radical (unpaired) electrons. The van der Waals surface area contributed by atoms with E-state index < -0.39 is 0 Å². The van der Waals surface area contributed by atoms with Crippen molar-refractivity contribution in [1.29, 1.82) is 0 Å². The molecule has 0 fully saturated rings. The second-order valence-corrected chi connectivity index (χ2v) is 6.53. The van der Waals surface area contributed by atoms with Crippen molar-refractivity contribution in [3.63, 3.8) is 0 Å². The fourth-order valence-electron chi connectivity index (χ4n) is 3.00. The van der Waals surface area contributed by atoms with Crippen LogP contribution in [0.2, 0.25) is 0 Å². The third kappa shape index (κ3) is 3.74. The Morgan fingerprint density at radius 3 is 2.74 bits per heavy atom. The minimum atomic E-state index is 0.254. The van der Waals surface area contributed by atoms with Crippen LogP contribution in [0.1, 0.15) is 24.1 Å². The number of aromatic nitrogens is 5. The van der Waals surface area contributed by atoms with Gasteiger partial charge in [-0.3, -0.25) is 15.0 Å². The summed E-state index contributed by atoms with van der Waals surface area (Å²) in [6.07, 6.45) is 7.05. The monoisotopic (exact) mass is 356 g/mol. The van der Waals surface area contributed by atoms with Gasteiger partial charge in [-0.1, -0.05) is 6.92 Å². The molecule has 0 saturated heterocycles. The quantitative estimate of drug-likeness (QED) is 0.582. The topological polar surface area (TPSA) is 76.5 Å². The lowest BCUT2D eigenvalue weighted by molar-refractivity contribution is 0.804. The number of pyridine rings is 3. The number of fused-ring (bicyclic) bond motifs is 1. The van der Waals surface area contributed by atoms with Crippen molar-refractivity contribution >= 4 is 16.9 Å². The average Bonchev–Trinajstić information content (AvgIpc) is 2.72. The normalized spacial score (nSPS) is 12.1. The van der Waals surface area contributed by atoms with Crippen LogP contribution in [0.3, 0.4) is 0 Å². The van der Waals surface area contributed by atoms with Crippen LogP contribution in [0.15, 0.2) is 61.3 Å². The predicted molar refractivity (Wildman–Crippen MR) is 106 cm³/mol. The van der Waals surface area contributed by atoms with Crippen LogP contribution >= 0.6 is 0 Å². The molecule has 0 aliphatic heterocycles. The highest BCUT2D eigenvalue weighted by Gasteiger charge is 2.11. The summed E-state index contributed by atoms with van der Waals surface area (Å²) in [5.74, 6) is 1.05. The van der Waals surface area contributed by atoms with E-state index in [-0.39, 0.29) is 5.92 Å². The van der Waals surface area contributed by atoms with Crippen LogP contribution in [0.4, 0.5) is 5.82 Å². The summed E-state index contributed by atoms with van der Waals surface area (Å²) in [7, 11) is 0. The molecule has 0 unspecified atom stereocenters. The highest BCUT2D eigenvalue weighted by molar-refractivity contribution is 5.77. The zero-order chi connectivity index (χ0) is 18.6. The molecule has 6 heteroatoms. The Balaban J connectivity index is 1.51. The number of hydrogen-bond acceptors (Lipinski definition) is 6. The second kappa shape index (κ2) is 7.45. The first-order valence-corrected chi connectivity index (χ1v) is 8.89. The summed E-state index contributed by atoms with van der Waals surface area (Å²) in [6.45, 7) is 4.87. The lowest BCUT2D eigenvalue weighted by Crippen LogP contribution is -2.12. The van der Waals surface area contributed by atoms with Gasteiger partial charge in [-0.05, 0) is 42.8 Å². The first-order chi connectivity index (χ1) is 13.2. The maximum Gasteiger partial charge on any atom is 0.129 e. The summed E-state index contributed by atoms with van der Waals surface area (Å²) in [5, 5.41) is 3.41. The first-order valence-electron chi connectivity index (χ1n) is 8.89. The van der Waals surface area contributed by atoms with Crippen molar-refractivity contribution < 1.29 is 0 Å². The van der Waals surface area contributed by atoms with Gasteiger partial charge in [0, 0.05) is 48.4 Å². The minimum absolute atomic E-state index is 0.254. The molecular weight excluding hydrogens is 336 g/mol. The van der Waals surface area contributed by atoms with E-state index in [1.807, 2.05) is 55.7 Å². The molecule has 1 atom stereocenters. The van der Waals surface area contributed by atoms with Gasteiger partial charge < -0.3 is 5.32 Å². The Bertz CT molecular complexity index is 1060. The van der Waals surface area contributed by atoms with Crippen molar-refractivity contribution in [3.8, 4) is 11.3 Å². The molecule has 0 aliphatic rings. The molecule has 1 N–H and O–H groups in total. The molecular formula is C21H20N6. The Kier molecular flexibility index (Phi) is 4.70. The molecule has 0 aliphatic carbocycles. The van der Waals surface area contributed by atoms with Crippen molar-refractivity contribution in [2.24, 2.45) is 0 Å². The Morgan fingerprint density at radius 1 is 0.963 bits per heavy atom. The fourth-order valence-corrected chi connectivity index (χ4v) is 3.00. The molecule has 0 bridgehead atoms. The molecule has 4 rings (SSSR count). The second-order valence-electron chi connectivity index (χ2n) is 6.53. The van der Waals surface area contributed by atoms with E-state index in [1.165, 1.54) is 5.56 Å². The molecule has 4 heterocycles. The van der Waals surface area contributed by atoms with Crippen molar-refractivity contribution in [1.82, 2.24) is 24.9 Å². The number of nitrogens with zero attached hydrogens (tertiary/aromatic N) is 5. The van der Waals surface area contributed by atoms with Crippen LogP contribution < -0.4 is 5.32 Å². The number of rotatable bonds is 5. The third-order valence-corrected chi connectivity index (χ3v) is 4.52. The van der Waals surface area contributed by atoms with E-state index in [2.05, 4.69) is 37.2 Å². The van der Waals surface area contributed by atoms with E-state index in [0.717, 1.165) is 40.3 Å². The Morgan fingerprint density at radius 2 is 1.89 bits per heavy atom. The van der Waals surface area contributed by atoms with Gasteiger partial charge in [0.15, 0.2) is 0 Å². The van der Waals surface area contributed by atoms with Crippen molar-refractivity contribution in [2.45, 2.75) is 19.8 Å². The minimum Gasteiger partial charge on any atom is -0.369 e. The van der Waals surface area contributed by atoms with Gasteiger partial charge in [0.2, 0.25) is 0 Å². The summed E-state index contributed by atoms with van der Waals surface area (Å²) < 4.78 is 0. The van der Waals surface area contributed by atoms with Gasteiger partial charge in [0.25, 0.3) is 0 Å². The highest BCUT2D eigenvalue weighted by Crippen LogP contribution is 2.23. The molecule has 0 spiro atoms. The van der Waals surface area contributed by atoms with Crippen LogP contribution in [0.5, 0.6) is 0 Å². The molecule has 4 aromatic heterocycles. The number of nitrogens with one attached hydrogen (secondary N) is 1. The predicted octanol–water partition coefficient (Wildman–Crippen LogP) is 4.01. The largest absolute Gasteiger partial charge is 0.369 e. The molecule has 4 aromatic rings. The van der Waals surface area contributed by atoms with E-state index >= 15 is 0 Å². The van der Waals surface area contributed by atoms with Gasteiger partial charge in [-0.2, -0.15) is 0 Å². The van der Waals surface area contributed by atoms with Gasteiger partial charge >= 0.3 is 0 Å². The maximum atomic E-state index is 4.50. The zero-order valence-electron chi connectivity index (χ0n) is 15.3. The van der Waals surface area contributed by atoms with Crippen molar-refractivity contribution in [2.75, 3.05) is 11.9 Å². The molecule has 134 valence electrons. The number of anilines is 1. The van der Waals surface area contributed by atoms with E-state index in [4.69, 9.17) is 0 Å². The fraction of sp³-hybridized carbons (Fsp3) is 0.190. The zero-order valence-corrected chi connectivity index (χ0v) is 15.3. The van der Waals surface area contributed by atoms with Crippen molar-refractivity contribution in [3.05, 3.63) is 72.6 Å². The maximum absolute atomic E-state index is 4.50. The Hall–Kier alpha value is -3.41. The average molecular weight is 356 g/mol. The third-order valence-electron chi connectivity index (χ3n) is 4.52. The van der Waals surface area contributed by atoms with Crippen LogP contribution in [0.25, 0.3) is 22.3 Å². The highest BCUT2D eigenvalue weighted by atomic mass is 15.0. The summed E-state index contributed by atoms with van der Waals surface area (Å²) in [6, 6.07) is 11.9. The van der Waals surface area contributed by atoms with Crippen LogP contribution in [-0.4, -0.2) is 31.5 Å². The summed E-state index contributed by atoms with van der Waals surface area (Å²) in [4.78, 5) is 21.9. The van der Waals surface area contributed by atoms with E-state index in [0.29, 0.717) is 0 Å². The van der Waals surface area contributed by atoms with Gasteiger partial charge in [-0.15, -0.1) is 0 Å². The lowest BCUT2D eigenvalue weighted by Gasteiger charge is -2.15. The standard InChI is InChI=1S/C21H20N6/c1-14(17-7-9-22-18-4-3-8-23-21(17)18)11-25-20-10-19(26-13-27-20)16-6-5-15(2)24-12-16/h3-10,12-14H,11H2,1-2H3,(H,25,26,27)/t14-/m1/s1. The van der Waals surface area contributed by atoms with Gasteiger partial charge in [0.05, 0.1) is 16.7 Å². The summed E-state index contributed by atoms with van der Waals surface area (Å²) >= 11 is 0. The molecule has 0 amide bonds. The molecule has 0 saturated carbocycles. The van der Waals surface area contributed by atoms with Gasteiger partial charge in [0.1, 0.15) is 12.1 Å². The summed E-state index contributed by atoms with van der Waals surface area (Å²) in [5.41, 5.74) is 5.84. The number of hydrogen-bond donors (Lipinski definition) is 1. The molecule has 6 nitrogen and oxygen atoms in total. The molecule has 27 heavy (non-hydrogen) atoms. The van der Waals surface area contributed by atoms with E-state index in [9.17, 15) is 0 Å². The smallest absolute Gasteiger partial charge is 0.129 e. The SMILES string of the molecule is Cc1ccc(-c2cc(NC[C@@H](C)c3ccnc4cccnc34)ncn2)cn1. The first kappa shape index (κ1) is 17.0.